The van der Waals surface area contributed by atoms with E-state index in [1.165, 1.54) is 0 Å². The van der Waals surface area contributed by atoms with Crippen LogP contribution in [-0.4, -0.2) is 18.0 Å². The fourth-order valence-corrected chi connectivity index (χ4v) is 1.20. The van der Waals surface area contributed by atoms with Crippen molar-refractivity contribution in [2.45, 2.75) is 12.5 Å². The van der Waals surface area contributed by atoms with Crippen LogP contribution >= 0.6 is 11.6 Å². The number of hydrogen-bond donors (Lipinski definition) is 0. The third-order valence-electron chi connectivity index (χ3n) is 1.77. The van der Waals surface area contributed by atoms with Crippen LogP contribution in [0.15, 0.2) is 30.3 Å². The van der Waals surface area contributed by atoms with Crippen LogP contribution in [0.1, 0.15) is 16.8 Å². The largest absolute Gasteiger partial charge is 0.456 e. The Balaban J connectivity index is 2.59. The molecule has 1 aromatic rings. The summed E-state index contributed by atoms with van der Waals surface area (Å²) in [6, 6.07) is 10.5. The Kier molecular flexibility index (Phi) is 4.65. The van der Waals surface area contributed by atoms with Gasteiger partial charge in [0.25, 0.3) is 0 Å². The summed E-state index contributed by atoms with van der Waals surface area (Å²) >= 11 is 5.55. The smallest absolute Gasteiger partial charge is 0.338 e. The summed E-state index contributed by atoms with van der Waals surface area (Å²) in [5.74, 6) is -0.317. The number of alkyl halides is 1. The minimum Gasteiger partial charge on any atom is -0.456 e. The van der Waals surface area contributed by atoms with Gasteiger partial charge in [-0.3, -0.25) is 0 Å². The number of halogens is 1. The van der Waals surface area contributed by atoms with Gasteiger partial charge >= 0.3 is 5.97 Å². The van der Waals surface area contributed by atoms with Gasteiger partial charge in [-0.2, -0.15) is 5.26 Å². The zero-order valence-corrected chi connectivity index (χ0v) is 8.78. The summed E-state index contributed by atoms with van der Waals surface area (Å²) in [5.41, 5.74) is 0.463. The molecule has 0 radical (unpaired) electrons. The molecule has 15 heavy (non-hydrogen) atoms. The predicted molar refractivity (Wildman–Crippen MR) is 56.6 cm³/mol. The molecular weight excluding hydrogens is 214 g/mol. The third-order valence-corrected chi connectivity index (χ3v) is 2.12. The van der Waals surface area contributed by atoms with Gasteiger partial charge in [0, 0.05) is 0 Å². The van der Waals surface area contributed by atoms with Crippen LogP contribution in [0.2, 0.25) is 0 Å². The van der Waals surface area contributed by atoms with Crippen molar-refractivity contribution in [2.24, 2.45) is 0 Å². The molecule has 0 aliphatic rings. The van der Waals surface area contributed by atoms with E-state index in [2.05, 4.69) is 0 Å². The fraction of sp³-hybridized carbons (Fsp3) is 0.273. The van der Waals surface area contributed by atoms with Gasteiger partial charge in [-0.15, -0.1) is 11.6 Å². The highest BCUT2D eigenvalue weighted by Crippen LogP contribution is 2.07. The molecule has 1 aromatic carbocycles. The fourth-order valence-electron chi connectivity index (χ4n) is 1.02. The number of carbonyl (C=O) groups is 1. The van der Waals surface area contributed by atoms with Crippen LogP contribution in [0.4, 0.5) is 0 Å². The van der Waals surface area contributed by atoms with Crippen molar-refractivity contribution >= 4 is 17.6 Å². The Morgan fingerprint density at radius 3 is 2.67 bits per heavy atom. The number of nitriles is 1. The number of hydrogen-bond acceptors (Lipinski definition) is 3. The average molecular weight is 224 g/mol. The van der Waals surface area contributed by atoms with Crippen molar-refractivity contribution in [3.8, 4) is 6.07 Å². The first-order valence-corrected chi connectivity index (χ1v) is 5.00. The SMILES string of the molecule is N#CC[C@@H](CCl)OC(=O)c1ccccc1. The van der Waals surface area contributed by atoms with Gasteiger partial charge in [-0.25, -0.2) is 4.79 Å². The number of rotatable bonds is 4. The van der Waals surface area contributed by atoms with E-state index in [1.54, 1.807) is 24.3 Å². The molecule has 0 unspecified atom stereocenters. The Hall–Kier alpha value is -1.53. The van der Waals surface area contributed by atoms with Crippen LogP contribution in [0.25, 0.3) is 0 Å². The lowest BCUT2D eigenvalue weighted by atomic mass is 10.2. The van der Waals surface area contributed by atoms with Crippen molar-refractivity contribution < 1.29 is 9.53 Å². The summed E-state index contributed by atoms with van der Waals surface area (Å²) < 4.78 is 5.03. The molecule has 0 bridgehead atoms. The normalized spacial score (nSPS) is 11.5. The highest BCUT2D eigenvalue weighted by atomic mass is 35.5. The van der Waals surface area contributed by atoms with Gasteiger partial charge < -0.3 is 4.74 Å². The second-order valence-electron chi connectivity index (χ2n) is 2.91. The molecule has 0 amide bonds. The van der Waals surface area contributed by atoms with E-state index in [-0.39, 0.29) is 12.3 Å². The molecule has 1 atom stereocenters. The molecule has 0 aliphatic carbocycles. The van der Waals surface area contributed by atoms with Gasteiger partial charge in [0.1, 0.15) is 6.10 Å². The predicted octanol–water partition coefficient (Wildman–Crippen LogP) is 2.36. The maximum atomic E-state index is 11.5. The van der Waals surface area contributed by atoms with Crippen LogP contribution in [0, 0.1) is 11.3 Å². The van der Waals surface area contributed by atoms with Crippen molar-refractivity contribution in [1.29, 1.82) is 5.26 Å². The summed E-state index contributed by atoms with van der Waals surface area (Å²) in [7, 11) is 0. The Morgan fingerprint density at radius 2 is 2.13 bits per heavy atom. The third kappa shape index (κ3) is 3.61. The van der Waals surface area contributed by atoms with Crippen LogP contribution in [0.5, 0.6) is 0 Å². The zero-order valence-electron chi connectivity index (χ0n) is 8.02. The van der Waals surface area contributed by atoms with Crippen LogP contribution < -0.4 is 0 Å². The van der Waals surface area contributed by atoms with Crippen molar-refractivity contribution in [1.82, 2.24) is 0 Å². The second kappa shape index (κ2) is 6.05. The lowest BCUT2D eigenvalue weighted by Gasteiger charge is -2.11. The Labute approximate surface area is 93.2 Å². The minimum absolute atomic E-state index is 0.113. The van der Waals surface area contributed by atoms with E-state index in [0.717, 1.165) is 0 Å². The van der Waals surface area contributed by atoms with Crippen molar-refractivity contribution in [3.05, 3.63) is 35.9 Å². The number of benzene rings is 1. The zero-order chi connectivity index (χ0) is 11.1. The molecule has 0 aromatic heterocycles. The lowest BCUT2D eigenvalue weighted by Crippen LogP contribution is -2.19. The second-order valence-corrected chi connectivity index (χ2v) is 3.22. The monoisotopic (exact) mass is 223 g/mol. The minimum atomic E-state index is -0.538. The number of esters is 1. The maximum Gasteiger partial charge on any atom is 0.338 e. The maximum absolute atomic E-state index is 11.5. The van der Waals surface area contributed by atoms with E-state index in [9.17, 15) is 4.79 Å². The molecule has 0 heterocycles. The average Bonchev–Trinajstić information content (AvgIpc) is 2.29. The van der Waals surface area contributed by atoms with Gasteiger partial charge in [0.2, 0.25) is 0 Å². The van der Waals surface area contributed by atoms with Crippen molar-refractivity contribution in [3.63, 3.8) is 0 Å². The molecule has 0 aliphatic heterocycles. The molecule has 1 rings (SSSR count). The van der Waals surface area contributed by atoms with E-state index >= 15 is 0 Å². The molecule has 0 fully saturated rings. The number of nitrogens with zero attached hydrogens (tertiary/aromatic N) is 1. The molecule has 0 saturated carbocycles. The molecule has 0 N–H and O–H groups in total. The first kappa shape index (κ1) is 11.5. The summed E-state index contributed by atoms with van der Waals surface area (Å²) in [4.78, 5) is 11.5. The number of ether oxygens (including phenoxy) is 1. The summed E-state index contributed by atoms with van der Waals surface area (Å²) in [6.45, 7) is 0. The Bertz CT molecular complexity index is 359. The summed E-state index contributed by atoms with van der Waals surface area (Å²) in [6.07, 6.45) is -0.424. The van der Waals surface area contributed by atoms with Crippen LogP contribution in [-0.2, 0) is 4.74 Å². The molecular formula is C11H10ClNO2. The molecule has 3 nitrogen and oxygen atoms in total. The van der Waals surface area contributed by atoms with Gasteiger partial charge in [0.15, 0.2) is 0 Å². The van der Waals surface area contributed by atoms with Crippen LogP contribution in [0.3, 0.4) is 0 Å². The lowest BCUT2D eigenvalue weighted by molar-refractivity contribution is 0.0357. The highest BCUT2D eigenvalue weighted by Gasteiger charge is 2.14. The van der Waals surface area contributed by atoms with E-state index in [1.807, 2.05) is 12.1 Å². The standard InChI is InChI=1S/C11H10ClNO2/c12-8-10(6-7-13)15-11(14)9-4-2-1-3-5-9/h1-5,10H,6,8H2/t10-/m0/s1. The molecule has 4 heteroatoms. The molecule has 0 spiro atoms. The Morgan fingerprint density at radius 1 is 1.47 bits per heavy atom. The van der Waals surface area contributed by atoms with Gasteiger partial charge in [-0.1, -0.05) is 18.2 Å². The molecule has 78 valence electrons. The van der Waals surface area contributed by atoms with Gasteiger partial charge in [-0.05, 0) is 12.1 Å². The van der Waals surface area contributed by atoms with E-state index < -0.39 is 12.1 Å². The van der Waals surface area contributed by atoms with E-state index in [0.29, 0.717) is 5.56 Å². The highest BCUT2D eigenvalue weighted by molar-refractivity contribution is 6.18. The first-order valence-electron chi connectivity index (χ1n) is 4.47. The van der Waals surface area contributed by atoms with E-state index in [4.69, 9.17) is 21.6 Å². The topological polar surface area (TPSA) is 50.1 Å². The van der Waals surface area contributed by atoms with Crippen molar-refractivity contribution in [2.75, 3.05) is 5.88 Å². The summed E-state index contributed by atoms with van der Waals surface area (Å²) in [5, 5.41) is 8.45. The first-order chi connectivity index (χ1) is 7.27. The molecule has 0 saturated heterocycles. The van der Waals surface area contributed by atoms with Gasteiger partial charge in [0.05, 0.1) is 23.9 Å². The quantitative estimate of drug-likeness (QED) is 0.582. The number of carbonyl (C=O) groups excluding carboxylic acids is 1.